The van der Waals surface area contributed by atoms with E-state index in [2.05, 4.69) is 57.8 Å². The first-order chi connectivity index (χ1) is 11.3. The van der Waals surface area contributed by atoms with Crippen molar-refractivity contribution in [1.82, 2.24) is 10.6 Å². The number of rotatable bonds is 5. The molecule has 1 aromatic rings. The summed E-state index contributed by atoms with van der Waals surface area (Å²) in [6, 6.07) is 11.9. The molecule has 2 N–H and O–H groups in total. The van der Waals surface area contributed by atoms with E-state index in [1.165, 1.54) is 37.8 Å². The second-order valence-electron chi connectivity index (χ2n) is 6.85. The Morgan fingerprint density at radius 2 is 1.91 bits per heavy atom. The summed E-state index contributed by atoms with van der Waals surface area (Å²) in [4.78, 5) is 6.89. The first-order valence-corrected chi connectivity index (χ1v) is 9.10. The minimum atomic E-state index is 0.532. The fraction of sp³-hybridized carbons (Fsp3) is 0.632. The quantitative estimate of drug-likeness (QED) is 0.648. The fourth-order valence-corrected chi connectivity index (χ4v) is 3.57. The van der Waals surface area contributed by atoms with Crippen LogP contribution < -0.4 is 15.5 Å². The molecule has 0 amide bonds. The lowest BCUT2D eigenvalue weighted by Gasteiger charge is -2.34. The van der Waals surface area contributed by atoms with Crippen LogP contribution in [0, 0.1) is 5.92 Å². The molecule has 3 rings (SSSR count). The van der Waals surface area contributed by atoms with Crippen molar-refractivity contribution in [3.05, 3.63) is 30.3 Å². The highest BCUT2D eigenvalue weighted by Crippen LogP contribution is 2.34. The molecule has 2 atom stereocenters. The van der Waals surface area contributed by atoms with Gasteiger partial charge in [0.1, 0.15) is 0 Å². The molecule has 1 heterocycles. The highest BCUT2D eigenvalue weighted by atomic mass is 15.2. The molecule has 0 aromatic heterocycles. The van der Waals surface area contributed by atoms with E-state index in [1.807, 2.05) is 7.05 Å². The number of aliphatic imine (C=N–C) groups is 1. The van der Waals surface area contributed by atoms with Gasteiger partial charge in [-0.3, -0.25) is 4.99 Å². The number of hydrogen-bond donors (Lipinski definition) is 2. The second kappa shape index (κ2) is 7.71. The van der Waals surface area contributed by atoms with Gasteiger partial charge in [-0.25, -0.2) is 0 Å². The zero-order valence-electron chi connectivity index (χ0n) is 14.5. The Kier molecular flexibility index (Phi) is 5.42. The largest absolute Gasteiger partial charge is 0.371 e. The van der Waals surface area contributed by atoms with Crippen LogP contribution in [0.2, 0.25) is 0 Å². The zero-order chi connectivity index (χ0) is 16.1. The number of guanidine groups is 1. The monoisotopic (exact) mass is 314 g/mol. The van der Waals surface area contributed by atoms with Crippen LogP contribution in [-0.2, 0) is 0 Å². The highest BCUT2D eigenvalue weighted by molar-refractivity contribution is 5.80. The van der Waals surface area contributed by atoms with E-state index < -0.39 is 0 Å². The summed E-state index contributed by atoms with van der Waals surface area (Å²) in [6.45, 7) is 4.49. The molecule has 2 fully saturated rings. The van der Waals surface area contributed by atoms with Crippen LogP contribution in [0.15, 0.2) is 35.3 Å². The van der Waals surface area contributed by atoms with E-state index in [4.69, 9.17) is 0 Å². The molecule has 1 saturated carbocycles. The van der Waals surface area contributed by atoms with Crippen molar-refractivity contribution in [1.29, 1.82) is 0 Å². The number of para-hydroxylation sites is 1. The number of hydrogen-bond acceptors (Lipinski definition) is 2. The zero-order valence-corrected chi connectivity index (χ0v) is 14.5. The van der Waals surface area contributed by atoms with E-state index >= 15 is 0 Å². The Hall–Kier alpha value is -1.71. The molecular formula is C19H30N4. The van der Waals surface area contributed by atoms with Gasteiger partial charge in [-0.1, -0.05) is 31.5 Å². The van der Waals surface area contributed by atoms with Crippen LogP contribution in [0.5, 0.6) is 0 Å². The van der Waals surface area contributed by atoms with Crippen molar-refractivity contribution in [2.75, 3.05) is 25.0 Å². The summed E-state index contributed by atoms with van der Waals surface area (Å²) in [5.74, 6) is 1.85. The summed E-state index contributed by atoms with van der Waals surface area (Å²) >= 11 is 0. The molecule has 2 unspecified atom stereocenters. The normalized spacial score (nSPS) is 25.3. The Labute approximate surface area is 140 Å². The lowest BCUT2D eigenvalue weighted by atomic mass is 10.0. The third-order valence-corrected chi connectivity index (χ3v) is 5.08. The van der Waals surface area contributed by atoms with E-state index in [-0.39, 0.29) is 0 Å². The maximum Gasteiger partial charge on any atom is 0.191 e. The van der Waals surface area contributed by atoms with Gasteiger partial charge in [0.05, 0.1) is 0 Å². The standard InChI is InChI=1S/C19H30N4/c1-3-7-15-14-18(15)22-19(20-2)21-16-10-12-23(13-11-16)17-8-5-4-6-9-17/h4-6,8-9,15-16,18H,3,7,10-14H2,1-2H3,(H2,20,21,22). The third kappa shape index (κ3) is 4.40. The Morgan fingerprint density at radius 1 is 1.17 bits per heavy atom. The van der Waals surface area contributed by atoms with Crippen molar-refractivity contribution in [3.63, 3.8) is 0 Å². The van der Waals surface area contributed by atoms with E-state index in [0.717, 1.165) is 25.0 Å². The molecule has 1 aliphatic carbocycles. The topological polar surface area (TPSA) is 39.7 Å². The summed E-state index contributed by atoms with van der Waals surface area (Å²) in [6.07, 6.45) is 6.26. The molecule has 0 spiro atoms. The molecule has 4 nitrogen and oxygen atoms in total. The molecule has 126 valence electrons. The summed E-state index contributed by atoms with van der Waals surface area (Å²) in [5, 5.41) is 7.21. The van der Waals surface area contributed by atoms with Gasteiger partial charge < -0.3 is 15.5 Å². The molecular weight excluding hydrogens is 284 g/mol. The predicted octanol–water partition coefficient (Wildman–Crippen LogP) is 3.01. The SMILES string of the molecule is CCCC1CC1NC(=NC)NC1CCN(c2ccccc2)CC1. The number of nitrogens with zero attached hydrogens (tertiary/aromatic N) is 2. The number of nitrogens with one attached hydrogen (secondary N) is 2. The average Bonchev–Trinajstić information content (AvgIpc) is 3.33. The first-order valence-electron chi connectivity index (χ1n) is 9.10. The van der Waals surface area contributed by atoms with Crippen molar-refractivity contribution < 1.29 is 0 Å². The number of benzene rings is 1. The molecule has 1 saturated heterocycles. The summed E-state index contributed by atoms with van der Waals surface area (Å²) < 4.78 is 0. The van der Waals surface area contributed by atoms with E-state index in [1.54, 1.807) is 0 Å². The smallest absolute Gasteiger partial charge is 0.191 e. The van der Waals surface area contributed by atoms with E-state index in [0.29, 0.717) is 12.1 Å². The van der Waals surface area contributed by atoms with E-state index in [9.17, 15) is 0 Å². The van der Waals surface area contributed by atoms with Gasteiger partial charge in [-0.15, -0.1) is 0 Å². The number of piperidine rings is 1. The lowest BCUT2D eigenvalue weighted by molar-refractivity contribution is 0.460. The van der Waals surface area contributed by atoms with Gasteiger partial charge in [-0.2, -0.15) is 0 Å². The van der Waals surface area contributed by atoms with Crippen LogP contribution in [-0.4, -0.2) is 38.2 Å². The fourth-order valence-electron chi connectivity index (χ4n) is 3.57. The van der Waals surface area contributed by atoms with Gasteiger partial charge in [0.25, 0.3) is 0 Å². The van der Waals surface area contributed by atoms with Gasteiger partial charge >= 0.3 is 0 Å². The molecule has 0 bridgehead atoms. The Morgan fingerprint density at radius 3 is 2.57 bits per heavy atom. The van der Waals surface area contributed by atoms with Crippen LogP contribution in [0.4, 0.5) is 5.69 Å². The van der Waals surface area contributed by atoms with Gasteiger partial charge in [0, 0.05) is 37.9 Å². The van der Waals surface area contributed by atoms with Gasteiger partial charge in [0.2, 0.25) is 0 Å². The molecule has 1 aromatic carbocycles. The summed E-state index contributed by atoms with van der Waals surface area (Å²) in [7, 11) is 1.88. The average molecular weight is 314 g/mol. The van der Waals surface area contributed by atoms with Crippen LogP contribution in [0.3, 0.4) is 0 Å². The van der Waals surface area contributed by atoms with Gasteiger partial charge in [0.15, 0.2) is 5.96 Å². The first kappa shape index (κ1) is 16.2. The minimum Gasteiger partial charge on any atom is -0.371 e. The van der Waals surface area contributed by atoms with Crippen molar-refractivity contribution in [3.8, 4) is 0 Å². The van der Waals surface area contributed by atoms with Crippen molar-refractivity contribution >= 4 is 11.6 Å². The Bertz CT molecular complexity index is 505. The van der Waals surface area contributed by atoms with Crippen LogP contribution >= 0.6 is 0 Å². The molecule has 0 radical (unpaired) electrons. The van der Waals surface area contributed by atoms with Gasteiger partial charge in [-0.05, 0) is 43.7 Å². The second-order valence-corrected chi connectivity index (χ2v) is 6.85. The minimum absolute atomic E-state index is 0.532. The lowest BCUT2D eigenvalue weighted by Crippen LogP contribution is -2.49. The highest BCUT2D eigenvalue weighted by Gasteiger charge is 2.36. The maximum atomic E-state index is 4.41. The van der Waals surface area contributed by atoms with Crippen molar-refractivity contribution in [2.24, 2.45) is 10.9 Å². The van der Waals surface area contributed by atoms with Crippen LogP contribution in [0.25, 0.3) is 0 Å². The third-order valence-electron chi connectivity index (χ3n) is 5.08. The molecule has 4 heteroatoms. The summed E-state index contributed by atoms with van der Waals surface area (Å²) in [5.41, 5.74) is 1.34. The molecule has 1 aliphatic heterocycles. The number of anilines is 1. The Balaban J connectivity index is 1.43. The molecule has 23 heavy (non-hydrogen) atoms. The van der Waals surface area contributed by atoms with Crippen molar-refractivity contribution in [2.45, 2.75) is 51.1 Å². The molecule has 2 aliphatic rings. The predicted molar refractivity (Wildman–Crippen MR) is 98.1 cm³/mol. The maximum absolute atomic E-state index is 4.41. The van der Waals surface area contributed by atoms with Crippen LogP contribution in [0.1, 0.15) is 39.0 Å².